The molecule has 2 N–H and O–H groups in total. The third kappa shape index (κ3) is 4.08. The van der Waals surface area contributed by atoms with E-state index in [1.165, 1.54) is 0 Å². The van der Waals surface area contributed by atoms with Gasteiger partial charge in [0.25, 0.3) is 0 Å². The Morgan fingerprint density at radius 1 is 0.900 bits per heavy atom. The Morgan fingerprint density at radius 2 is 1.50 bits per heavy atom. The summed E-state index contributed by atoms with van der Waals surface area (Å²) in [6.07, 6.45) is 0. The van der Waals surface area contributed by atoms with Crippen LogP contribution in [0.4, 0.5) is 5.69 Å². The normalized spacial score (nSPS) is 11.2. The molecule has 5 heteroatoms. The summed E-state index contributed by atoms with van der Waals surface area (Å²) in [6, 6.07) is 17.3. The van der Waals surface area contributed by atoms with Gasteiger partial charge in [0, 0.05) is 12.2 Å². The third-order valence-electron chi connectivity index (χ3n) is 2.89. The molecule has 0 unspecified atom stereocenters. The zero-order valence-electron chi connectivity index (χ0n) is 11.3. The molecule has 0 fully saturated rings. The van der Waals surface area contributed by atoms with Crippen LogP contribution < -0.4 is 10.0 Å². The van der Waals surface area contributed by atoms with Crippen LogP contribution in [0.3, 0.4) is 0 Å². The summed E-state index contributed by atoms with van der Waals surface area (Å²) >= 11 is 0. The van der Waals surface area contributed by atoms with Crippen molar-refractivity contribution in [2.45, 2.75) is 0 Å². The van der Waals surface area contributed by atoms with Gasteiger partial charge in [-0.1, -0.05) is 42.5 Å². The number of anilines is 1. The first kappa shape index (κ1) is 14.6. The molecule has 2 aromatic rings. The molecule has 2 aromatic carbocycles. The van der Waals surface area contributed by atoms with E-state index in [0.29, 0.717) is 12.2 Å². The maximum atomic E-state index is 11.8. The lowest BCUT2D eigenvalue weighted by atomic mass is 10.1. The summed E-state index contributed by atoms with van der Waals surface area (Å²) in [5, 5.41) is 2.82. The summed E-state index contributed by atoms with van der Waals surface area (Å²) < 4.78 is 26.1. The van der Waals surface area contributed by atoms with Crippen LogP contribution in [0.1, 0.15) is 0 Å². The van der Waals surface area contributed by atoms with Crippen LogP contribution in [0.5, 0.6) is 0 Å². The van der Waals surface area contributed by atoms with Crippen molar-refractivity contribution in [2.24, 2.45) is 0 Å². The van der Waals surface area contributed by atoms with Crippen molar-refractivity contribution in [2.75, 3.05) is 24.1 Å². The first-order valence-electron chi connectivity index (χ1n) is 6.41. The fraction of sp³-hybridized carbons (Fsp3) is 0.200. The first-order chi connectivity index (χ1) is 9.61. The molecule has 0 bridgehead atoms. The lowest BCUT2D eigenvalue weighted by molar-refractivity contribution is 0.599. The van der Waals surface area contributed by atoms with Gasteiger partial charge >= 0.3 is 0 Å². The van der Waals surface area contributed by atoms with Crippen molar-refractivity contribution >= 4 is 15.7 Å². The molecule has 0 saturated carbocycles. The molecule has 0 aliphatic carbocycles. The fourth-order valence-corrected chi connectivity index (χ4v) is 2.90. The van der Waals surface area contributed by atoms with Crippen LogP contribution in [0, 0.1) is 0 Å². The summed E-state index contributed by atoms with van der Waals surface area (Å²) in [4.78, 5) is 0. The van der Waals surface area contributed by atoms with E-state index in [1.54, 1.807) is 19.2 Å². The molecule has 0 aliphatic rings. The second-order valence-electron chi connectivity index (χ2n) is 4.47. The monoisotopic (exact) mass is 290 g/mol. The topological polar surface area (TPSA) is 58.2 Å². The third-order valence-corrected chi connectivity index (χ3v) is 4.17. The fourth-order valence-electron chi connectivity index (χ4n) is 1.83. The molecule has 0 amide bonds. The second kappa shape index (κ2) is 6.54. The van der Waals surface area contributed by atoms with Gasteiger partial charge in [0.15, 0.2) is 0 Å². The minimum absolute atomic E-state index is 0.0595. The van der Waals surface area contributed by atoms with E-state index < -0.39 is 10.0 Å². The Morgan fingerprint density at radius 3 is 2.10 bits per heavy atom. The van der Waals surface area contributed by atoms with Gasteiger partial charge < -0.3 is 5.32 Å². The SMILES string of the molecule is CNCCS(=O)(=O)Nc1ccc(-c2ccccc2)cc1. The molecular formula is C15H18N2O2S. The zero-order chi connectivity index (χ0) is 14.4. The largest absolute Gasteiger partial charge is 0.319 e. The van der Waals surface area contributed by atoms with E-state index in [2.05, 4.69) is 10.0 Å². The molecule has 20 heavy (non-hydrogen) atoms. The van der Waals surface area contributed by atoms with Crippen LogP contribution in [-0.2, 0) is 10.0 Å². The molecule has 0 heterocycles. The molecule has 106 valence electrons. The van der Waals surface area contributed by atoms with Crippen LogP contribution in [-0.4, -0.2) is 27.8 Å². The maximum Gasteiger partial charge on any atom is 0.233 e. The van der Waals surface area contributed by atoms with Crippen LogP contribution in [0.15, 0.2) is 54.6 Å². The Kier molecular flexibility index (Phi) is 4.76. The minimum atomic E-state index is -3.29. The smallest absolute Gasteiger partial charge is 0.233 e. The van der Waals surface area contributed by atoms with E-state index in [4.69, 9.17) is 0 Å². The number of sulfonamides is 1. The molecule has 0 aliphatic heterocycles. The molecule has 0 spiro atoms. The summed E-state index contributed by atoms with van der Waals surface area (Å²) in [5.74, 6) is 0.0595. The van der Waals surface area contributed by atoms with Gasteiger partial charge in [-0.3, -0.25) is 4.72 Å². The average molecular weight is 290 g/mol. The Bertz CT molecular complexity index is 637. The van der Waals surface area contributed by atoms with Crippen LogP contribution >= 0.6 is 0 Å². The average Bonchev–Trinajstić information content (AvgIpc) is 2.46. The highest BCUT2D eigenvalue weighted by atomic mass is 32.2. The predicted molar refractivity (Wildman–Crippen MR) is 83.2 cm³/mol. The summed E-state index contributed by atoms with van der Waals surface area (Å²) in [6.45, 7) is 0.428. The Hall–Kier alpha value is -1.85. The van der Waals surface area contributed by atoms with E-state index in [-0.39, 0.29) is 5.75 Å². The number of hydrogen-bond acceptors (Lipinski definition) is 3. The number of rotatable bonds is 6. The minimum Gasteiger partial charge on any atom is -0.319 e. The van der Waals surface area contributed by atoms with Crippen LogP contribution in [0.25, 0.3) is 11.1 Å². The van der Waals surface area contributed by atoms with Gasteiger partial charge in [0.05, 0.1) is 5.75 Å². The number of nitrogens with one attached hydrogen (secondary N) is 2. The van der Waals surface area contributed by atoms with Crippen molar-refractivity contribution in [1.29, 1.82) is 0 Å². The molecule has 2 rings (SSSR count). The van der Waals surface area contributed by atoms with Gasteiger partial charge in [0.2, 0.25) is 10.0 Å². The maximum absolute atomic E-state index is 11.8. The molecule has 0 radical (unpaired) electrons. The number of benzene rings is 2. The van der Waals surface area contributed by atoms with Crippen molar-refractivity contribution < 1.29 is 8.42 Å². The molecular weight excluding hydrogens is 272 g/mol. The molecule has 0 atom stereocenters. The van der Waals surface area contributed by atoms with Crippen LogP contribution in [0.2, 0.25) is 0 Å². The lowest BCUT2D eigenvalue weighted by Crippen LogP contribution is -2.24. The van der Waals surface area contributed by atoms with Crippen molar-refractivity contribution in [1.82, 2.24) is 5.32 Å². The highest BCUT2D eigenvalue weighted by molar-refractivity contribution is 7.92. The highest BCUT2D eigenvalue weighted by Gasteiger charge is 2.09. The Labute approximate surface area is 119 Å². The molecule has 0 saturated heterocycles. The van der Waals surface area contributed by atoms with Crippen molar-refractivity contribution in [3.05, 3.63) is 54.6 Å². The first-order valence-corrected chi connectivity index (χ1v) is 8.06. The van der Waals surface area contributed by atoms with E-state index in [1.807, 2.05) is 42.5 Å². The molecule has 4 nitrogen and oxygen atoms in total. The Balaban J connectivity index is 2.09. The molecule has 0 aromatic heterocycles. The highest BCUT2D eigenvalue weighted by Crippen LogP contribution is 2.21. The standard InChI is InChI=1S/C15H18N2O2S/c1-16-11-12-20(18,19)17-15-9-7-14(8-10-15)13-5-3-2-4-6-13/h2-10,16-17H,11-12H2,1H3. The van der Waals surface area contributed by atoms with Gasteiger partial charge in [-0.2, -0.15) is 0 Å². The van der Waals surface area contributed by atoms with Gasteiger partial charge in [-0.15, -0.1) is 0 Å². The van der Waals surface area contributed by atoms with Gasteiger partial charge in [0.1, 0.15) is 0 Å². The lowest BCUT2D eigenvalue weighted by Gasteiger charge is -2.08. The quantitative estimate of drug-likeness (QED) is 0.858. The zero-order valence-corrected chi connectivity index (χ0v) is 12.2. The van der Waals surface area contributed by atoms with E-state index >= 15 is 0 Å². The van der Waals surface area contributed by atoms with Crippen molar-refractivity contribution in [3.8, 4) is 11.1 Å². The van der Waals surface area contributed by atoms with Gasteiger partial charge in [-0.25, -0.2) is 8.42 Å². The summed E-state index contributed by atoms with van der Waals surface area (Å²) in [7, 11) is -1.56. The number of hydrogen-bond donors (Lipinski definition) is 2. The van der Waals surface area contributed by atoms with Crippen molar-refractivity contribution in [3.63, 3.8) is 0 Å². The summed E-state index contributed by atoms with van der Waals surface area (Å²) in [5.41, 5.74) is 2.75. The predicted octanol–water partition coefficient (Wildman–Crippen LogP) is 2.31. The van der Waals surface area contributed by atoms with E-state index in [9.17, 15) is 8.42 Å². The van der Waals surface area contributed by atoms with E-state index in [0.717, 1.165) is 11.1 Å². The second-order valence-corrected chi connectivity index (χ2v) is 6.31. The van der Waals surface area contributed by atoms with Gasteiger partial charge in [-0.05, 0) is 30.3 Å².